The second-order valence-corrected chi connectivity index (χ2v) is 9.24. The van der Waals surface area contributed by atoms with Crippen molar-refractivity contribution in [2.75, 3.05) is 33.3 Å². The standard InChI is InChI=1S/C29H35N3O2/c1-23-13-14-28-26(21-23)22-31(2)18-15-25(24-9-4-3-5-10-24)11-8-17-32(19-20-34-28)29(33)27-12-6-7-16-30-27/h3-7,9-10,12-14,16,21,25H,8,11,15,17-20,22H2,1-2H3. The summed E-state index contributed by atoms with van der Waals surface area (Å²) in [6.45, 7) is 5.65. The lowest BCUT2D eigenvalue weighted by Crippen LogP contribution is -2.36. The van der Waals surface area contributed by atoms with Gasteiger partial charge in [0.1, 0.15) is 18.1 Å². The molecule has 0 saturated carbocycles. The third-order valence-corrected chi connectivity index (χ3v) is 6.56. The van der Waals surface area contributed by atoms with Crippen molar-refractivity contribution in [3.63, 3.8) is 0 Å². The van der Waals surface area contributed by atoms with Gasteiger partial charge in [-0.25, -0.2) is 0 Å². The van der Waals surface area contributed by atoms with Crippen LogP contribution in [-0.2, 0) is 6.54 Å². The molecule has 2 heterocycles. The molecule has 34 heavy (non-hydrogen) atoms. The van der Waals surface area contributed by atoms with Crippen LogP contribution in [0.3, 0.4) is 0 Å². The molecule has 0 fully saturated rings. The van der Waals surface area contributed by atoms with E-state index in [1.807, 2.05) is 17.0 Å². The number of nitrogens with zero attached hydrogens (tertiary/aromatic N) is 3. The number of carbonyl (C=O) groups is 1. The van der Waals surface area contributed by atoms with E-state index in [9.17, 15) is 4.79 Å². The average molecular weight is 458 g/mol. The summed E-state index contributed by atoms with van der Waals surface area (Å²) in [6, 6.07) is 22.6. The number of pyridine rings is 1. The molecule has 2 aromatic carbocycles. The largest absolute Gasteiger partial charge is 0.491 e. The molecule has 3 aromatic rings. The summed E-state index contributed by atoms with van der Waals surface area (Å²) in [5.74, 6) is 1.34. The average Bonchev–Trinajstić information content (AvgIpc) is 2.86. The highest BCUT2D eigenvalue weighted by Crippen LogP contribution is 2.27. The molecule has 1 aliphatic rings. The van der Waals surface area contributed by atoms with Crippen molar-refractivity contribution >= 4 is 5.91 Å². The van der Waals surface area contributed by atoms with E-state index >= 15 is 0 Å². The van der Waals surface area contributed by atoms with Gasteiger partial charge in [-0.3, -0.25) is 9.78 Å². The van der Waals surface area contributed by atoms with E-state index in [0.717, 1.165) is 38.1 Å². The van der Waals surface area contributed by atoms with Gasteiger partial charge in [0.05, 0.1) is 6.54 Å². The topological polar surface area (TPSA) is 45.7 Å². The van der Waals surface area contributed by atoms with E-state index in [1.165, 1.54) is 16.7 Å². The van der Waals surface area contributed by atoms with Crippen molar-refractivity contribution in [2.45, 2.75) is 38.6 Å². The maximum absolute atomic E-state index is 13.2. The van der Waals surface area contributed by atoms with E-state index in [2.05, 4.69) is 72.4 Å². The van der Waals surface area contributed by atoms with Gasteiger partial charge in [-0.2, -0.15) is 0 Å². The van der Waals surface area contributed by atoms with Crippen LogP contribution in [0, 0.1) is 6.92 Å². The number of hydrogen-bond acceptors (Lipinski definition) is 4. The van der Waals surface area contributed by atoms with Gasteiger partial charge in [-0.15, -0.1) is 0 Å². The van der Waals surface area contributed by atoms with Crippen molar-refractivity contribution in [1.29, 1.82) is 0 Å². The normalized spacial score (nSPS) is 18.4. The molecule has 1 unspecified atom stereocenters. The van der Waals surface area contributed by atoms with E-state index in [4.69, 9.17) is 4.74 Å². The maximum atomic E-state index is 13.2. The summed E-state index contributed by atoms with van der Waals surface area (Å²) in [6.07, 6.45) is 4.74. The Labute approximate surface area is 203 Å². The van der Waals surface area contributed by atoms with E-state index in [-0.39, 0.29) is 5.91 Å². The molecule has 5 heteroatoms. The fourth-order valence-corrected chi connectivity index (χ4v) is 4.68. The number of aromatic nitrogens is 1. The molecular weight excluding hydrogens is 422 g/mol. The van der Waals surface area contributed by atoms with Gasteiger partial charge in [0, 0.05) is 24.8 Å². The molecule has 1 aromatic heterocycles. The van der Waals surface area contributed by atoms with Crippen LogP contribution in [0.2, 0.25) is 0 Å². The van der Waals surface area contributed by atoms with E-state index in [0.29, 0.717) is 31.3 Å². The van der Waals surface area contributed by atoms with Gasteiger partial charge < -0.3 is 14.5 Å². The fourth-order valence-electron chi connectivity index (χ4n) is 4.68. The van der Waals surface area contributed by atoms with Crippen molar-refractivity contribution < 1.29 is 9.53 Å². The summed E-state index contributed by atoms with van der Waals surface area (Å²) in [4.78, 5) is 21.8. The summed E-state index contributed by atoms with van der Waals surface area (Å²) >= 11 is 0. The second kappa shape index (κ2) is 11.8. The Balaban J connectivity index is 1.57. The molecule has 1 amide bonds. The van der Waals surface area contributed by atoms with E-state index in [1.54, 1.807) is 12.3 Å². The third kappa shape index (κ3) is 6.45. The number of fused-ring (bicyclic) bond motifs is 1. The number of amides is 1. The minimum Gasteiger partial charge on any atom is -0.491 e. The lowest BCUT2D eigenvalue weighted by Gasteiger charge is -2.27. The van der Waals surface area contributed by atoms with Crippen LogP contribution >= 0.6 is 0 Å². The maximum Gasteiger partial charge on any atom is 0.272 e. The van der Waals surface area contributed by atoms with Gasteiger partial charge in [-0.1, -0.05) is 54.1 Å². The Morgan fingerprint density at radius 1 is 0.971 bits per heavy atom. The molecule has 4 rings (SSSR count). The van der Waals surface area contributed by atoms with Gasteiger partial charge in [0.15, 0.2) is 0 Å². The summed E-state index contributed by atoms with van der Waals surface area (Å²) in [5.41, 5.74) is 4.29. The zero-order chi connectivity index (χ0) is 23.8. The lowest BCUT2D eigenvalue weighted by molar-refractivity contribution is 0.0718. The van der Waals surface area contributed by atoms with Crippen molar-refractivity contribution in [3.05, 3.63) is 95.3 Å². The molecular formula is C29H35N3O2. The van der Waals surface area contributed by atoms with Crippen LogP contribution in [0.5, 0.6) is 5.75 Å². The number of carbonyl (C=O) groups excluding carboxylic acids is 1. The smallest absolute Gasteiger partial charge is 0.272 e. The zero-order valence-corrected chi connectivity index (χ0v) is 20.3. The highest BCUT2D eigenvalue weighted by molar-refractivity contribution is 5.92. The van der Waals surface area contributed by atoms with Crippen LogP contribution in [0.1, 0.15) is 52.4 Å². The van der Waals surface area contributed by atoms with Crippen molar-refractivity contribution in [3.8, 4) is 5.75 Å². The van der Waals surface area contributed by atoms with Crippen molar-refractivity contribution in [1.82, 2.24) is 14.8 Å². The van der Waals surface area contributed by atoms with Gasteiger partial charge in [-0.05, 0) is 69.5 Å². The highest BCUT2D eigenvalue weighted by atomic mass is 16.5. The molecule has 0 N–H and O–H groups in total. The third-order valence-electron chi connectivity index (χ3n) is 6.56. The summed E-state index contributed by atoms with van der Waals surface area (Å²) < 4.78 is 6.20. The van der Waals surface area contributed by atoms with Crippen LogP contribution < -0.4 is 4.74 Å². The Bertz CT molecular complexity index is 1060. The number of rotatable bonds is 2. The molecule has 5 nitrogen and oxygen atoms in total. The first-order valence-electron chi connectivity index (χ1n) is 12.3. The first-order chi connectivity index (χ1) is 16.6. The number of ether oxygens (including phenoxy) is 1. The lowest BCUT2D eigenvalue weighted by atomic mass is 9.91. The molecule has 178 valence electrons. The minimum atomic E-state index is -0.0311. The zero-order valence-electron chi connectivity index (χ0n) is 20.3. The van der Waals surface area contributed by atoms with Crippen LogP contribution in [0.25, 0.3) is 0 Å². The predicted molar refractivity (Wildman–Crippen MR) is 136 cm³/mol. The Kier molecular flexibility index (Phi) is 8.31. The Morgan fingerprint density at radius 2 is 1.79 bits per heavy atom. The quantitative estimate of drug-likeness (QED) is 0.523. The second-order valence-electron chi connectivity index (χ2n) is 9.24. The Morgan fingerprint density at radius 3 is 2.59 bits per heavy atom. The summed E-state index contributed by atoms with van der Waals surface area (Å²) in [7, 11) is 2.19. The fraction of sp³-hybridized carbons (Fsp3) is 0.379. The SMILES string of the molecule is Cc1ccc2c(c1)CN(C)CCC(c1ccccc1)CCCN(C(=O)c1ccccn1)CCO2. The van der Waals surface area contributed by atoms with E-state index < -0.39 is 0 Å². The molecule has 1 aliphatic heterocycles. The molecule has 0 spiro atoms. The van der Waals surface area contributed by atoms with Gasteiger partial charge in [0.2, 0.25) is 0 Å². The first-order valence-corrected chi connectivity index (χ1v) is 12.3. The van der Waals surface area contributed by atoms with Gasteiger partial charge >= 0.3 is 0 Å². The highest BCUT2D eigenvalue weighted by Gasteiger charge is 2.20. The molecule has 0 aliphatic carbocycles. The van der Waals surface area contributed by atoms with Crippen LogP contribution in [0.4, 0.5) is 0 Å². The molecule has 0 bridgehead atoms. The first kappa shape index (κ1) is 24.0. The minimum absolute atomic E-state index is 0.0311. The number of hydrogen-bond donors (Lipinski definition) is 0. The van der Waals surface area contributed by atoms with Crippen molar-refractivity contribution in [2.24, 2.45) is 0 Å². The monoisotopic (exact) mass is 457 g/mol. The number of aryl methyl sites for hydroxylation is 1. The predicted octanol–water partition coefficient (Wildman–Crippen LogP) is 5.31. The molecule has 1 atom stereocenters. The summed E-state index contributed by atoms with van der Waals surface area (Å²) in [5, 5.41) is 0. The van der Waals surface area contributed by atoms with Crippen LogP contribution in [-0.4, -0.2) is 54.0 Å². The Hall–Kier alpha value is -3.18. The molecule has 0 saturated heterocycles. The number of benzene rings is 2. The molecule has 0 radical (unpaired) electrons. The van der Waals surface area contributed by atoms with Crippen LogP contribution in [0.15, 0.2) is 72.9 Å². The van der Waals surface area contributed by atoms with Gasteiger partial charge in [0.25, 0.3) is 5.91 Å².